The van der Waals surface area contributed by atoms with Crippen molar-refractivity contribution >= 4 is 46.3 Å². The number of halogens is 1. The molecule has 0 aliphatic heterocycles. The number of hydrogen-bond acceptors (Lipinski definition) is 5. The number of carboxylic acid groups (broad SMARTS) is 1. The Morgan fingerprint density at radius 1 is 0.889 bits per heavy atom. The van der Waals surface area contributed by atoms with E-state index in [1.807, 2.05) is 24.1 Å². The van der Waals surface area contributed by atoms with Gasteiger partial charge < -0.3 is 14.9 Å². The highest BCUT2D eigenvalue weighted by Gasteiger charge is 2.27. The number of benzene rings is 2. The summed E-state index contributed by atoms with van der Waals surface area (Å²) in [5, 5.41) is 10.3. The van der Waals surface area contributed by atoms with Crippen molar-refractivity contribution in [2.24, 2.45) is 0 Å². The van der Waals surface area contributed by atoms with Crippen molar-refractivity contribution in [3.05, 3.63) is 82.6 Å². The molecule has 0 atom stereocenters. The predicted molar refractivity (Wildman–Crippen MR) is 141 cm³/mol. The summed E-state index contributed by atoms with van der Waals surface area (Å²) in [6.45, 7) is 1.47. The summed E-state index contributed by atoms with van der Waals surface area (Å²) in [5.41, 5.74) is 2.43. The molecular formula is C28H28ClN3O4. The number of aromatic carboxylic acids is 1. The van der Waals surface area contributed by atoms with Crippen LogP contribution in [-0.2, 0) is 4.79 Å². The van der Waals surface area contributed by atoms with Gasteiger partial charge >= 0.3 is 5.97 Å². The SMILES string of the molecule is CC(=O)N(c1cc(C(=O)O)cc(C(=O)c2ccc(N(C)c3ccc(Cl)cc3)cn2)c1)C1CCCCC1. The lowest BCUT2D eigenvalue weighted by molar-refractivity contribution is -0.117. The fraction of sp³-hybridized carbons (Fsp3) is 0.286. The molecule has 36 heavy (non-hydrogen) atoms. The number of nitrogens with zero attached hydrogens (tertiary/aromatic N) is 3. The van der Waals surface area contributed by atoms with E-state index in [9.17, 15) is 19.5 Å². The highest BCUT2D eigenvalue weighted by molar-refractivity contribution is 6.30. The third-order valence-corrected chi connectivity index (χ3v) is 6.82. The number of ketones is 1. The lowest BCUT2D eigenvalue weighted by atomic mass is 9.93. The number of carbonyl (C=O) groups is 3. The van der Waals surface area contributed by atoms with Gasteiger partial charge in [-0.15, -0.1) is 0 Å². The van der Waals surface area contributed by atoms with Crippen molar-refractivity contribution in [2.45, 2.75) is 45.1 Å². The Kier molecular flexibility index (Phi) is 7.70. The van der Waals surface area contributed by atoms with E-state index in [4.69, 9.17) is 11.6 Å². The van der Waals surface area contributed by atoms with E-state index in [1.165, 1.54) is 19.1 Å². The predicted octanol–water partition coefficient (Wildman–Crippen LogP) is 6.12. The van der Waals surface area contributed by atoms with E-state index in [0.717, 1.165) is 43.5 Å². The van der Waals surface area contributed by atoms with Gasteiger partial charge in [0.15, 0.2) is 0 Å². The van der Waals surface area contributed by atoms with Crippen LogP contribution in [-0.4, -0.2) is 40.8 Å². The number of amides is 1. The molecule has 0 spiro atoms. The summed E-state index contributed by atoms with van der Waals surface area (Å²) < 4.78 is 0. The van der Waals surface area contributed by atoms with E-state index >= 15 is 0 Å². The molecule has 186 valence electrons. The molecule has 1 aromatic heterocycles. The molecule has 1 amide bonds. The number of aromatic nitrogens is 1. The molecule has 1 fully saturated rings. The minimum atomic E-state index is -1.16. The number of rotatable bonds is 7. The zero-order valence-electron chi connectivity index (χ0n) is 20.3. The van der Waals surface area contributed by atoms with Crippen molar-refractivity contribution < 1.29 is 19.5 Å². The van der Waals surface area contributed by atoms with Crippen LogP contribution >= 0.6 is 11.6 Å². The summed E-state index contributed by atoms with van der Waals surface area (Å²) in [4.78, 5) is 45.7. The fourth-order valence-electron chi connectivity index (χ4n) is 4.67. The third-order valence-electron chi connectivity index (χ3n) is 6.57. The lowest BCUT2D eigenvalue weighted by Crippen LogP contribution is -2.40. The van der Waals surface area contributed by atoms with E-state index in [2.05, 4.69) is 4.98 Å². The molecule has 1 aliphatic rings. The van der Waals surface area contributed by atoms with Gasteiger partial charge in [-0.05, 0) is 67.4 Å². The summed E-state index contributed by atoms with van der Waals surface area (Å²) >= 11 is 5.97. The van der Waals surface area contributed by atoms with Gasteiger partial charge in [0.1, 0.15) is 5.69 Å². The Hall–Kier alpha value is -3.71. The minimum Gasteiger partial charge on any atom is -0.478 e. The van der Waals surface area contributed by atoms with E-state index in [1.54, 1.807) is 41.4 Å². The average Bonchev–Trinajstić information content (AvgIpc) is 2.88. The Morgan fingerprint density at radius 3 is 2.11 bits per heavy atom. The van der Waals surface area contributed by atoms with Crippen LogP contribution in [0.3, 0.4) is 0 Å². The number of carboxylic acids is 1. The highest BCUT2D eigenvalue weighted by Crippen LogP contribution is 2.30. The topological polar surface area (TPSA) is 90.8 Å². The van der Waals surface area contributed by atoms with Crippen molar-refractivity contribution in [2.75, 3.05) is 16.8 Å². The van der Waals surface area contributed by atoms with Crippen LogP contribution in [0.5, 0.6) is 0 Å². The van der Waals surface area contributed by atoms with E-state index in [0.29, 0.717) is 10.7 Å². The first-order chi connectivity index (χ1) is 17.2. The van der Waals surface area contributed by atoms with Crippen molar-refractivity contribution in [3.63, 3.8) is 0 Å². The molecule has 4 rings (SSSR count). The normalized spacial score (nSPS) is 13.8. The first kappa shape index (κ1) is 25.4. The molecule has 7 nitrogen and oxygen atoms in total. The van der Waals surface area contributed by atoms with E-state index in [-0.39, 0.29) is 28.8 Å². The Labute approximate surface area is 215 Å². The van der Waals surface area contributed by atoms with Crippen LogP contribution in [0.4, 0.5) is 17.1 Å². The van der Waals surface area contributed by atoms with Crippen LogP contribution in [0.2, 0.25) is 5.02 Å². The molecular weight excluding hydrogens is 478 g/mol. The van der Waals surface area contributed by atoms with Crippen LogP contribution in [0.25, 0.3) is 0 Å². The average molecular weight is 506 g/mol. The monoisotopic (exact) mass is 505 g/mol. The molecule has 1 aliphatic carbocycles. The zero-order valence-corrected chi connectivity index (χ0v) is 21.0. The van der Waals surface area contributed by atoms with Crippen molar-refractivity contribution in [1.82, 2.24) is 4.98 Å². The zero-order chi connectivity index (χ0) is 25.8. The third kappa shape index (κ3) is 5.57. The quantitative estimate of drug-likeness (QED) is 0.389. The Balaban J connectivity index is 1.64. The highest BCUT2D eigenvalue weighted by atomic mass is 35.5. The second-order valence-electron chi connectivity index (χ2n) is 9.02. The van der Waals surface area contributed by atoms with Gasteiger partial charge in [0, 0.05) is 42.0 Å². The van der Waals surface area contributed by atoms with Gasteiger partial charge in [0.25, 0.3) is 0 Å². The first-order valence-corrected chi connectivity index (χ1v) is 12.3. The summed E-state index contributed by atoms with van der Waals surface area (Å²) in [7, 11) is 1.88. The van der Waals surface area contributed by atoms with Gasteiger partial charge in [0.2, 0.25) is 11.7 Å². The molecule has 1 heterocycles. The largest absolute Gasteiger partial charge is 0.478 e. The maximum absolute atomic E-state index is 13.3. The molecule has 0 saturated heterocycles. The van der Waals surface area contributed by atoms with Gasteiger partial charge in [-0.2, -0.15) is 0 Å². The van der Waals surface area contributed by atoms with Crippen molar-refractivity contribution in [3.8, 4) is 0 Å². The van der Waals surface area contributed by atoms with Gasteiger partial charge in [-0.25, -0.2) is 4.79 Å². The standard InChI is InChI=1S/C28H28ClN3O4/c1-18(33)32(23-6-4-3-5-7-23)25-15-19(14-20(16-25)28(35)36)27(34)26-13-12-24(17-30-26)31(2)22-10-8-21(29)9-11-22/h8-17,23H,3-7H2,1-2H3,(H,35,36). The second-order valence-corrected chi connectivity index (χ2v) is 9.46. The first-order valence-electron chi connectivity index (χ1n) is 11.9. The number of carbonyl (C=O) groups excluding carboxylic acids is 2. The van der Waals surface area contributed by atoms with Crippen LogP contribution in [0.1, 0.15) is 65.4 Å². The lowest BCUT2D eigenvalue weighted by Gasteiger charge is -2.34. The van der Waals surface area contributed by atoms with Gasteiger partial charge in [0.05, 0.1) is 17.4 Å². The molecule has 3 aromatic rings. The maximum atomic E-state index is 13.3. The fourth-order valence-corrected chi connectivity index (χ4v) is 4.80. The summed E-state index contributed by atoms with van der Waals surface area (Å²) in [6, 6.07) is 15.1. The van der Waals surface area contributed by atoms with E-state index < -0.39 is 11.8 Å². The number of pyridine rings is 1. The molecule has 2 aromatic carbocycles. The van der Waals surface area contributed by atoms with Gasteiger partial charge in [-0.1, -0.05) is 30.9 Å². The smallest absolute Gasteiger partial charge is 0.335 e. The number of anilines is 3. The maximum Gasteiger partial charge on any atom is 0.335 e. The van der Waals surface area contributed by atoms with Gasteiger partial charge in [-0.3, -0.25) is 14.6 Å². The van der Waals surface area contributed by atoms with Crippen LogP contribution < -0.4 is 9.80 Å². The molecule has 1 saturated carbocycles. The summed E-state index contributed by atoms with van der Waals surface area (Å²) in [6.07, 6.45) is 6.44. The Bertz CT molecular complexity index is 1270. The number of hydrogen-bond donors (Lipinski definition) is 1. The second kappa shape index (κ2) is 10.9. The molecule has 1 N–H and O–H groups in total. The van der Waals surface area contributed by atoms with Crippen LogP contribution in [0.15, 0.2) is 60.8 Å². The Morgan fingerprint density at radius 2 is 1.53 bits per heavy atom. The molecule has 0 bridgehead atoms. The van der Waals surface area contributed by atoms with Crippen LogP contribution in [0, 0.1) is 0 Å². The minimum absolute atomic E-state index is 0.0101. The molecule has 8 heteroatoms. The van der Waals surface area contributed by atoms with Crippen molar-refractivity contribution in [1.29, 1.82) is 0 Å². The molecule has 0 unspecified atom stereocenters. The molecule has 0 radical (unpaired) electrons. The summed E-state index contributed by atoms with van der Waals surface area (Å²) in [5.74, 6) is -1.74.